The molecule has 3 rings (SSSR count). The van der Waals surface area contributed by atoms with Crippen LogP contribution in [0.15, 0.2) is 18.2 Å². The maximum absolute atomic E-state index is 13.2. The summed E-state index contributed by atoms with van der Waals surface area (Å²) >= 11 is 0. The van der Waals surface area contributed by atoms with Crippen molar-refractivity contribution in [3.63, 3.8) is 0 Å². The molecule has 4 nitrogen and oxygen atoms in total. The van der Waals surface area contributed by atoms with E-state index in [1.165, 1.54) is 13.0 Å². The Hall–Kier alpha value is -1.76. The van der Waals surface area contributed by atoms with Crippen LogP contribution in [0, 0.1) is 12.3 Å². The van der Waals surface area contributed by atoms with Crippen LogP contribution in [0.3, 0.4) is 0 Å². The fraction of sp³-hybridized carbons (Fsp3) is 0.650. The number of hydrogen-bond acceptors (Lipinski definition) is 3. The van der Waals surface area contributed by atoms with Gasteiger partial charge >= 0.3 is 12.3 Å². The largest absolute Gasteiger partial charge is 0.444 e. The first-order valence-corrected chi connectivity index (χ1v) is 9.12. The molecule has 150 valence electrons. The second-order valence-corrected chi connectivity index (χ2v) is 9.02. The van der Waals surface area contributed by atoms with E-state index in [-0.39, 0.29) is 17.1 Å². The molecule has 1 saturated carbocycles. The molecule has 1 aromatic carbocycles. The first-order chi connectivity index (χ1) is 12.2. The Kier molecular flexibility index (Phi) is 4.53. The van der Waals surface area contributed by atoms with Crippen molar-refractivity contribution < 1.29 is 27.8 Å². The summed E-state index contributed by atoms with van der Waals surface area (Å²) < 4.78 is 45.0. The Morgan fingerprint density at radius 3 is 2.37 bits per heavy atom. The van der Waals surface area contributed by atoms with Crippen molar-refractivity contribution in [1.82, 2.24) is 4.90 Å². The monoisotopic (exact) mass is 385 g/mol. The summed E-state index contributed by atoms with van der Waals surface area (Å²) in [6, 6.07) is 3.97. The fourth-order valence-corrected chi connectivity index (χ4v) is 4.43. The summed E-state index contributed by atoms with van der Waals surface area (Å²) in [5.41, 5.74) is -2.43. The number of halogens is 3. The van der Waals surface area contributed by atoms with Gasteiger partial charge in [-0.25, -0.2) is 4.79 Å². The van der Waals surface area contributed by atoms with Crippen molar-refractivity contribution in [2.24, 2.45) is 5.41 Å². The standard InChI is InChI=1S/C20H26F3NO3/c1-13-14(6-5-7-15(13)20(21,22)23)19(26)9-8-18(10-19)11-24(12-18)16(25)27-17(2,3)4/h5-7,26H,8-12H2,1-4H3. The molecule has 1 spiro atoms. The minimum absolute atomic E-state index is 0.0767. The molecule has 1 saturated heterocycles. The highest BCUT2D eigenvalue weighted by Crippen LogP contribution is 2.55. The van der Waals surface area contributed by atoms with Gasteiger partial charge in [-0.15, -0.1) is 0 Å². The van der Waals surface area contributed by atoms with E-state index in [2.05, 4.69) is 0 Å². The number of aliphatic hydroxyl groups is 1. The van der Waals surface area contributed by atoms with E-state index >= 15 is 0 Å². The van der Waals surface area contributed by atoms with Gasteiger partial charge in [0.05, 0.1) is 11.2 Å². The van der Waals surface area contributed by atoms with Gasteiger partial charge in [0.2, 0.25) is 0 Å². The molecule has 2 aliphatic rings. The Bertz CT molecular complexity index is 748. The Labute approximate surface area is 157 Å². The van der Waals surface area contributed by atoms with Crippen LogP contribution in [0.2, 0.25) is 0 Å². The molecule has 0 radical (unpaired) electrons. The highest BCUT2D eigenvalue weighted by molar-refractivity contribution is 5.69. The molecule has 7 heteroatoms. The Morgan fingerprint density at radius 1 is 1.19 bits per heavy atom. The van der Waals surface area contributed by atoms with E-state index in [4.69, 9.17) is 4.74 Å². The lowest BCUT2D eigenvalue weighted by Gasteiger charge is -2.48. The number of amides is 1. The molecule has 1 aliphatic heterocycles. The van der Waals surface area contributed by atoms with Gasteiger partial charge in [0.15, 0.2) is 0 Å². The van der Waals surface area contributed by atoms with E-state index < -0.39 is 22.9 Å². The number of carbonyl (C=O) groups excluding carboxylic acids is 1. The zero-order valence-electron chi connectivity index (χ0n) is 16.1. The van der Waals surface area contributed by atoms with Crippen molar-refractivity contribution in [2.75, 3.05) is 13.1 Å². The average Bonchev–Trinajstić information content (AvgIpc) is 2.82. The van der Waals surface area contributed by atoms with Crippen molar-refractivity contribution in [3.05, 3.63) is 34.9 Å². The van der Waals surface area contributed by atoms with Crippen LogP contribution in [0.5, 0.6) is 0 Å². The highest BCUT2D eigenvalue weighted by atomic mass is 19.4. The van der Waals surface area contributed by atoms with E-state index in [9.17, 15) is 23.1 Å². The van der Waals surface area contributed by atoms with Gasteiger partial charge in [-0.1, -0.05) is 12.1 Å². The van der Waals surface area contributed by atoms with Crippen molar-refractivity contribution in [3.8, 4) is 0 Å². The molecule has 1 amide bonds. The minimum atomic E-state index is -4.45. The number of benzene rings is 1. The average molecular weight is 385 g/mol. The summed E-state index contributed by atoms with van der Waals surface area (Å²) in [5, 5.41) is 11.1. The van der Waals surface area contributed by atoms with Gasteiger partial charge in [-0.3, -0.25) is 0 Å². The molecule has 1 aromatic rings. The predicted molar refractivity (Wildman–Crippen MR) is 94.2 cm³/mol. The van der Waals surface area contributed by atoms with Crippen LogP contribution in [0.4, 0.5) is 18.0 Å². The first-order valence-electron chi connectivity index (χ1n) is 9.12. The van der Waals surface area contributed by atoms with Crippen molar-refractivity contribution in [1.29, 1.82) is 0 Å². The summed E-state index contributed by atoms with van der Waals surface area (Å²) in [4.78, 5) is 13.7. The molecule has 1 unspecified atom stereocenters. The lowest BCUT2D eigenvalue weighted by molar-refractivity contribution is -0.138. The van der Waals surface area contributed by atoms with E-state index in [1.807, 2.05) is 0 Å². The van der Waals surface area contributed by atoms with Crippen LogP contribution in [-0.2, 0) is 16.5 Å². The Morgan fingerprint density at radius 2 is 1.81 bits per heavy atom. The molecule has 0 bridgehead atoms. The predicted octanol–water partition coefficient (Wildman–Crippen LogP) is 4.62. The zero-order valence-corrected chi connectivity index (χ0v) is 16.1. The summed E-state index contributed by atoms with van der Waals surface area (Å²) in [6.45, 7) is 7.72. The fourth-order valence-electron chi connectivity index (χ4n) is 4.43. The lowest BCUT2D eigenvalue weighted by Crippen LogP contribution is -2.58. The highest BCUT2D eigenvalue weighted by Gasteiger charge is 2.56. The second kappa shape index (κ2) is 6.12. The number of alkyl halides is 3. The van der Waals surface area contributed by atoms with Crippen LogP contribution in [0.25, 0.3) is 0 Å². The zero-order chi connectivity index (χ0) is 20.3. The Balaban J connectivity index is 1.74. The maximum Gasteiger partial charge on any atom is 0.416 e. The van der Waals surface area contributed by atoms with Gasteiger partial charge in [0.1, 0.15) is 5.60 Å². The van der Waals surface area contributed by atoms with Crippen LogP contribution >= 0.6 is 0 Å². The normalized spacial score (nSPS) is 24.8. The SMILES string of the molecule is Cc1c(C(F)(F)F)cccc1C1(O)CCC2(CN(C(=O)OC(C)(C)C)C2)C1. The quantitative estimate of drug-likeness (QED) is 0.767. The third-order valence-electron chi connectivity index (χ3n) is 5.58. The molecule has 1 heterocycles. The van der Waals surface area contributed by atoms with E-state index in [1.54, 1.807) is 31.7 Å². The summed E-state index contributed by atoms with van der Waals surface area (Å²) in [7, 11) is 0. The molecule has 27 heavy (non-hydrogen) atoms. The lowest BCUT2D eigenvalue weighted by atomic mass is 9.75. The first kappa shape index (κ1) is 20.0. The number of rotatable bonds is 1. The van der Waals surface area contributed by atoms with Crippen LogP contribution < -0.4 is 0 Å². The molecule has 1 N–H and O–H groups in total. The molecule has 1 atom stereocenters. The molecule has 2 fully saturated rings. The molecule has 0 aromatic heterocycles. The van der Waals surface area contributed by atoms with Gasteiger partial charge in [0, 0.05) is 18.5 Å². The third-order valence-corrected chi connectivity index (χ3v) is 5.58. The van der Waals surface area contributed by atoms with Crippen LogP contribution in [-0.4, -0.2) is 34.8 Å². The summed E-state index contributed by atoms with van der Waals surface area (Å²) in [6.07, 6.45) is -3.44. The van der Waals surface area contributed by atoms with Gasteiger partial charge in [-0.2, -0.15) is 13.2 Å². The topological polar surface area (TPSA) is 49.8 Å². The molecular weight excluding hydrogens is 359 g/mol. The van der Waals surface area contributed by atoms with Crippen LogP contribution in [0.1, 0.15) is 56.7 Å². The molecule has 1 aliphatic carbocycles. The second-order valence-electron chi connectivity index (χ2n) is 9.02. The van der Waals surface area contributed by atoms with Crippen molar-refractivity contribution >= 4 is 6.09 Å². The van der Waals surface area contributed by atoms with Gasteiger partial charge < -0.3 is 14.7 Å². The summed E-state index contributed by atoms with van der Waals surface area (Å²) in [5.74, 6) is 0. The number of ether oxygens (including phenoxy) is 1. The minimum Gasteiger partial charge on any atom is -0.444 e. The smallest absolute Gasteiger partial charge is 0.416 e. The van der Waals surface area contributed by atoms with Gasteiger partial charge in [0.25, 0.3) is 0 Å². The van der Waals surface area contributed by atoms with Gasteiger partial charge in [-0.05, 0) is 64.2 Å². The van der Waals surface area contributed by atoms with E-state index in [0.717, 1.165) is 6.07 Å². The third kappa shape index (κ3) is 3.79. The number of carbonyl (C=O) groups is 1. The number of hydrogen-bond donors (Lipinski definition) is 1. The van der Waals surface area contributed by atoms with Crippen molar-refractivity contribution in [2.45, 2.75) is 64.3 Å². The van der Waals surface area contributed by atoms with E-state index in [0.29, 0.717) is 37.9 Å². The number of nitrogens with zero attached hydrogens (tertiary/aromatic N) is 1. The maximum atomic E-state index is 13.2. The molecular formula is C20H26F3NO3. The number of likely N-dealkylation sites (tertiary alicyclic amines) is 1.